The van der Waals surface area contributed by atoms with E-state index in [1.165, 1.54) is 17.0 Å². The third kappa shape index (κ3) is 5.72. The molecule has 3 aromatic carbocycles. The van der Waals surface area contributed by atoms with Crippen LogP contribution in [0.2, 0.25) is 0 Å². The molecule has 0 aromatic heterocycles. The van der Waals surface area contributed by atoms with Crippen LogP contribution < -0.4 is 15.0 Å². The van der Waals surface area contributed by atoms with Gasteiger partial charge < -0.3 is 10.1 Å². The normalized spacial score (nSPS) is 17.0. The lowest BCUT2D eigenvalue weighted by Crippen LogP contribution is -2.33. The van der Waals surface area contributed by atoms with E-state index >= 15 is 0 Å². The number of benzene rings is 3. The number of methoxy groups -OCH3 is 1. The molecule has 1 atom stereocenters. The number of para-hydroxylation sites is 1. The molecule has 3 aromatic rings. The van der Waals surface area contributed by atoms with E-state index in [1.807, 2.05) is 6.92 Å². The van der Waals surface area contributed by atoms with Crippen molar-refractivity contribution >= 4 is 50.1 Å². The molecule has 8 nitrogen and oxygen atoms in total. The lowest BCUT2D eigenvalue weighted by Gasteiger charge is -2.16. The van der Waals surface area contributed by atoms with Crippen LogP contribution in [0.3, 0.4) is 0 Å². The number of thioether (sulfide) groups is 1. The Kier molecular flexibility index (Phi) is 7.23. The first-order valence-corrected chi connectivity index (χ1v) is 13.0. The van der Waals surface area contributed by atoms with Crippen molar-refractivity contribution in [3.8, 4) is 5.75 Å². The first-order valence-electron chi connectivity index (χ1n) is 10.7. The van der Waals surface area contributed by atoms with E-state index in [0.29, 0.717) is 17.1 Å². The summed E-state index contributed by atoms with van der Waals surface area (Å²) in [6.45, 7) is 1.85. The van der Waals surface area contributed by atoms with Crippen molar-refractivity contribution in [3.63, 3.8) is 0 Å². The van der Waals surface area contributed by atoms with E-state index in [0.717, 1.165) is 17.3 Å². The topological polar surface area (TPSA) is 105 Å². The summed E-state index contributed by atoms with van der Waals surface area (Å²) in [5.74, 6) is -0.140. The second-order valence-corrected chi connectivity index (χ2v) is 10.5. The van der Waals surface area contributed by atoms with Gasteiger partial charge in [-0.3, -0.25) is 14.5 Å². The molecule has 4 rings (SSSR count). The summed E-state index contributed by atoms with van der Waals surface area (Å²) in [6.07, 6.45) is -0.150. The number of aryl methyl sites for hydroxylation is 1. The third-order valence-corrected chi connectivity index (χ3v) is 7.75. The van der Waals surface area contributed by atoms with Gasteiger partial charge in [0.2, 0.25) is 11.8 Å². The minimum atomic E-state index is -4.07. The van der Waals surface area contributed by atoms with Gasteiger partial charge in [0.25, 0.3) is 10.0 Å². The van der Waals surface area contributed by atoms with Gasteiger partial charge in [0.05, 0.1) is 17.7 Å². The molecule has 2 amide bonds. The lowest BCUT2D eigenvalue weighted by molar-refractivity contribution is -0.121. The van der Waals surface area contributed by atoms with Crippen LogP contribution in [0.15, 0.2) is 88.2 Å². The molecular formula is C25H23N3O5S2. The fourth-order valence-corrected chi connectivity index (χ4v) is 5.73. The summed E-state index contributed by atoms with van der Waals surface area (Å²) in [5.41, 5.74) is 1.94. The predicted octanol–water partition coefficient (Wildman–Crippen LogP) is 4.23. The fraction of sp³-hybridized carbons (Fsp3) is 0.160. The van der Waals surface area contributed by atoms with Crippen molar-refractivity contribution in [2.45, 2.75) is 23.5 Å². The van der Waals surface area contributed by atoms with Gasteiger partial charge in [-0.1, -0.05) is 47.7 Å². The number of nitrogens with one attached hydrogen (secondary N) is 1. The van der Waals surface area contributed by atoms with Crippen molar-refractivity contribution in [2.75, 3.05) is 17.3 Å². The van der Waals surface area contributed by atoms with E-state index in [2.05, 4.69) is 9.71 Å². The van der Waals surface area contributed by atoms with E-state index in [1.54, 1.807) is 73.8 Å². The maximum atomic E-state index is 13.3. The van der Waals surface area contributed by atoms with E-state index in [9.17, 15) is 18.0 Å². The van der Waals surface area contributed by atoms with Crippen molar-refractivity contribution in [2.24, 2.45) is 4.40 Å². The van der Waals surface area contributed by atoms with Crippen LogP contribution in [0.1, 0.15) is 12.0 Å². The Bertz CT molecular complexity index is 1360. The standard InChI is InChI=1S/C25H23N3O5S2/c1-17-8-14-21(15-9-17)35(31,32)27-25-28(19-6-4-3-5-7-19)24(30)22(34-25)16-23(29)26-18-10-12-20(33-2)13-11-18/h3-15,22H,16H2,1-2H3,(H,26,29)/t22-/m0/s1. The fourth-order valence-electron chi connectivity index (χ4n) is 3.40. The smallest absolute Gasteiger partial charge is 0.284 e. The molecule has 0 spiro atoms. The number of amides is 2. The summed E-state index contributed by atoms with van der Waals surface area (Å²) >= 11 is 0.958. The molecule has 0 bridgehead atoms. The number of ether oxygens (including phenoxy) is 1. The molecule has 1 aliphatic rings. The Hall–Kier alpha value is -3.63. The number of sulfonamides is 1. The zero-order valence-corrected chi connectivity index (χ0v) is 20.7. The first-order chi connectivity index (χ1) is 16.8. The molecule has 1 aliphatic heterocycles. The maximum absolute atomic E-state index is 13.3. The molecule has 0 saturated carbocycles. The summed E-state index contributed by atoms with van der Waals surface area (Å²) in [7, 11) is -2.52. The zero-order chi connectivity index (χ0) is 25.0. The van der Waals surface area contributed by atoms with Gasteiger partial charge in [0.1, 0.15) is 11.0 Å². The number of nitrogens with zero attached hydrogens (tertiary/aromatic N) is 2. The van der Waals surface area contributed by atoms with Crippen molar-refractivity contribution < 1.29 is 22.7 Å². The quantitative estimate of drug-likeness (QED) is 0.511. The molecule has 1 fully saturated rings. The molecule has 35 heavy (non-hydrogen) atoms. The Morgan fingerprint density at radius 2 is 1.69 bits per heavy atom. The van der Waals surface area contributed by atoms with Gasteiger partial charge in [-0.05, 0) is 55.5 Å². The molecule has 180 valence electrons. The van der Waals surface area contributed by atoms with Gasteiger partial charge in [0.15, 0.2) is 5.17 Å². The zero-order valence-electron chi connectivity index (χ0n) is 19.0. The molecular weight excluding hydrogens is 486 g/mol. The van der Waals surface area contributed by atoms with Crippen LogP contribution in [0, 0.1) is 6.92 Å². The Labute approximate surface area is 208 Å². The summed E-state index contributed by atoms with van der Waals surface area (Å²) in [4.78, 5) is 27.2. The Morgan fingerprint density at radius 3 is 2.31 bits per heavy atom. The molecule has 1 N–H and O–H groups in total. The molecule has 1 saturated heterocycles. The average Bonchev–Trinajstić information content (AvgIpc) is 3.13. The molecule has 10 heteroatoms. The highest BCUT2D eigenvalue weighted by atomic mass is 32.2. The highest BCUT2D eigenvalue weighted by molar-refractivity contribution is 8.16. The molecule has 0 unspecified atom stereocenters. The first kappa shape index (κ1) is 24.5. The Balaban J connectivity index is 1.59. The highest BCUT2D eigenvalue weighted by Crippen LogP contribution is 2.35. The maximum Gasteiger partial charge on any atom is 0.284 e. The van der Waals surface area contributed by atoms with Crippen LogP contribution in [-0.2, 0) is 19.6 Å². The van der Waals surface area contributed by atoms with Crippen LogP contribution in [0.25, 0.3) is 0 Å². The van der Waals surface area contributed by atoms with Gasteiger partial charge in [-0.15, -0.1) is 4.40 Å². The molecule has 1 heterocycles. The van der Waals surface area contributed by atoms with Gasteiger partial charge in [-0.25, -0.2) is 0 Å². The number of carbonyl (C=O) groups is 2. The number of hydrogen-bond donors (Lipinski definition) is 1. The number of rotatable bonds is 7. The highest BCUT2D eigenvalue weighted by Gasteiger charge is 2.41. The number of hydrogen-bond acceptors (Lipinski definition) is 6. The number of anilines is 2. The minimum Gasteiger partial charge on any atom is -0.497 e. The second kappa shape index (κ2) is 10.3. The predicted molar refractivity (Wildman–Crippen MR) is 137 cm³/mol. The van der Waals surface area contributed by atoms with Gasteiger partial charge in [-0.2, -0.15) is 8.42 Å². The monoisotopic (exact) mass is 509 g/mol. The molecule has 0 aliphatic carbocycles. The lowest BCUT2D eigenvalue weighted by atomic mass is 10.2. The van der Waals surface area contributed by atoms with Crippen LogP contribution in [0.5, 0.6) is 5.75 Å². The van der Waals surface area contributed by atoms with Crippen molar-refractivity contribution in [3.05, 3.63) is 84.4 Å². The molecule has 0 radical (unpaired) electrons. The van der Waals surface area contributed by atoms with Crippen molar-refractivity contribution in [1.29, 1.82) is 0 Å². The summed E-state index contributed by atoms with van der Waals surface area (Å²) < 4.78 is 35.1. The van der Waals surface area contributed by atoms with E-state index in [-0.39, 0.29) is 22.4 Å². The third-order valence-electron chi connectivity index (χ3n) is 5.21. The largest absolute Gasteiger partial charge is 0.497 e. The van der Waals surface area contributed by atoms with Crippen LogP contribution in [-0.4, -0.2) is 37.8 Å². The minimum absolute atomic E-state index is 0.00372. The van der Waals surface area contributed by atoms with E-state index < -0.39 is 21.2 Å². The Morgan fingerprint density at radius 1 is 1.03 bits per heavy atom. The van der Waals surface area contributed by atoms with Crippen molar-refractivity contribution in [1.82, 2.24) is 0 Å². The number of amidine groups is 1. The summed E-state index contributed by atoms with van der Waals surface area (Å²) in [6, 6.07) is 21.8. The van der Waals surface area contributed by atoms with Gasteiger partial charge in [0, 0.05) is 12.1 Å². The van der Waals surface area contributed by atoms with Crippen LogP contribution >= 0.6 is 11.8 Å². The SMILES string of the molecule is COc1ccc(NC(=O)C[C@@H]2SC(=NS(=O)(=O)c3ccc(C)cc3)N(c3ccccc3)C2=O)cc1. The second-order valence-electron chi connectivity index (χ2n) is 7.76. The summed E-state index contributed by atoms with van der Waals surface area (Å²) in [5, 5.41) is 1.92. The van der Waals surface area contributed by atoms with Gasteiger partial charge >= 0.3 is 0 Å². The van der Waals surface area contributed by atoms with Crippen LogP contribution in [0.4, 0.5) is 11.4 Å². The number of carbonyl (C=O) groups excluding carboxylic acids is 2. The van der Waals surface area contributed by atoms with E-state index in [4.69, 9.17) is 4.74 Å². The average molecular weight is 510 g/mol.